The number of likely N-dealkylation sites (N-methyl/N-ethyl adjacent to an activating group) is 1. The Labute approximate surface area is 111 Å². The highest BCUT2D eigenvalue weighted by molar-refractivity contribution is 7.59. The summed E-state index contributed by atoms with van der Waals surface area (Å²) in [4.78, 5) is 2.14. The monoisotopic (exact) mass is 256 g/mol. The Kier molecular flexibility index (Phi) is 6.60. The van der Waals surface area contributed by atoms with Gasteiger partial charge in [0.2, 0.25) is 0 Å². The second kappa shape index (κ2) is 6.89. The molecule has 0 aromatic heterocycles. The Morgan fingerprint density at radius 3 is 2.06 bits per heavy atom. The molecule has 3 N–H and O–H groups in total. The lowest BCUT2D eigenvalue weighted by molar-refractivity contribution is 0.297. The van der Waals surface area contributed by atoms with Crippen LogP contribution in [0.1, 0.15) is 16.7 Å². The molecule has 1 atom stereocenters. The fourth-order valence-corrected chi connectivity index (χ4v) is 2.00. The zero-order chi connectivity index (χ0) is 12.3. The molecule has 0 spiro atoms. The van der Waals surface area contributed by atoms with Crippen molar-refractivity contribution in [2.45, 2.75) is 26.3 Å². The number of nitrogens with two attached hydrogens (primary N) is 1. The summed E-state index contributed by atoms with van der Waals surface area (Å²) in [7, 11) is 4.09. The molecule has 0 unspecified atom stereocenters. The topological polar surface area (TPSA) is 49.5 Å². The van der Waals surface area contributed by atoms with Gasteiger partial charge in [-0.3, -0.25) is 0 Å². The molecule has 0 saturated heterocycles. The van der Waals surface area contributed by atoms with Gasteiger partial charge in [0, 0.05) is 12.6 Å². The van der Waals surface area contributed by atoms with Gasteiger partial charge in [0.1, 0.15) is 5.75 Å². The van der Waals surface area contributed by atoms with E-state index in [2.05, 4.69) is 4.90 Å². The summed E-state index contributed by atoms with van der Waals surface area (Å²) in [5.41, 5.74) is 9.33. The highest BCUT2D eigenvalue weighted by atomic mass is 32.1. The Hall–Kier alpha value is -0.710. The molecule has 98 valence electrons. The summed E-state index contributed by atoms with van der Waals surface area (Å²) in [6.45, 7) is 4.71. The first-order chi connectivity index (χ1) is 7.45. The Morgan fingerprint density at radius 1 is 1.24 bits per heavy atom. The van der Waals surface area contributed by atoms with E-state index in [1.165, 1.54) is 5.56 Å². The molecule has 1 aromatic rings. The number of hydrogen-bond donors (Lipinski definition) is 2. The van der Waals surface area contributed by atoms with Gasteiger partial charge in [0.05, 0.1) is 0 Å². The molecule has 17 heavy (non-hydrogen) atoms. The van der Waals surface area contributed by atoms with Crippen LogP contribution in [0.2, 0.25) is 0 Å². The van der Waals surface area contributed by atoms with Crippen LogP contribution in [0, 0.1) is 13.8 Å². The van der Waals surface area contributed by atoms with Crippen LogP contribution in [0.15, 0.2) is 12.1 Å². The van der Waals surface area contributed by atoms with Crippen molar-refractivity contribution < 1.29 is 5.11 Å². The highest BCUT2D eigenvalue weighted by Crippen LogP contribution is 2.22. The molecule has 1 rings (SSSR count). The molecule has 0 amide bonds. The summed E-state index contributed by atoms with van der Waals surface area (Å²) in [5, 5.41) is 9.48. The van der Waals surface area contributed by atoms with Crippen molar-refractivity contribution in [3.8, 4) is 5.75 Å². The molecule has 0 fully saturated rings. The van der Waals surface area contributed by atoms with E-state index in [0.717, 1.165) is 17.5 Å². The number of rotatable bonds is 4. The lowest BCUT2D eigenvalue weighted by atomic mass is 9.95. The Balaban J connectivity index is 0.00000256. The minimum absolute atomic E-state index is 0. The van der Waals surface area contributed by atoms with Crippen LogP contribution in [0.4, 0.5) is 0 Å². The zero-order valence-electron chi connectivity index (χ0n) is 11.1. The number of hydrogen-bond acceptors (Lipinski definition) is 3. The van der Waals surface area contributed by atoms with Crippen LogP contribution in [-0.4, -0.2) is 36.7 Å². The first-order valence-corrected chi connectivity index (χ1v) is 5.61. The summed E-state index contributed by atoms with van der Waals surface area (Å²) in [5.74, 6) is 0.341. The molecule has 3 nitrogen and oxygen atoms in total. The predicted octanol–water partition coefficient (Wildman–Crippen LogP) is 1.55. The molecule has 0 bridgehead atoms. The van der Waals surface area contributed by atoms with Gasteiger partial charge in [-0.15, -0.1) is 0 Å². The van der Waals surface area contributed by atoms with Crippen molar-refractivity contribution in [3.63, 3.8) is 0 Å². The van der Waals surface area contributed by atoms with E-state index in [9.17, 15) is 5.11 Å². The van der Waals surface area contributed by atoms with Crippen LogP contribution in [0.5, 0.6) is 5.75 Å². The van der Waals surface area contributed by atoms with Gasteiger partial charge in [0.15, 0.2) is 0 Å². The van der Waals surface area contributed by atoms with E-state index in [0.29, 0.717) is 18.3 Å². The first-order valence-electron chi connectivity index (χ1n) is 5.61. The van der Waals surface area contributed by atoms with E-state index < -0.39 is 0 Å². The van der Waals surface area contributed by atoms with Gasteiger partial charge in [0.25, 0.3) is 0 Å². The second-order valence-electron chi connectivity index (χ2n) is 4.62. The fourth-order valence-electron chi connectivity index (χ4n) is 2.00. The third-order valence-electron chi connectivity index (χ3n) is 3.12. The second-order valence-corrected chi connectivity index (χ2v) is 4.62. The zero-order valence-corrected chi connectivity index (χ0v) is 12.1. The third kappa shape index (κ3) is 4.22. The smallest absolute Gasteiger partial charge is 0.116 e. The van der Waals surface area contributed by atoms with E-state index >= 15 is 0 Å². The molecule has 0 aliphatic rings. The molecule has 0 radical (unpaired) electrons. The lowest BCUT2D eigenvalue weighted by Gasteiger charge is -2.24. The summed E-state index contributed by atoms with van der Waals surface area (Å²) in [6.07, 6.45) is 0.932. The molecular formula is C13H24N2OS. The Morgan fingerprint density at radius 2 is 1.71 bits per heavy atom. The van der Waals surface area contributed by atoms with Crippen LogP contribution >= 0.6 is 13.5 Å². The van der Waals surface area contributed by atoms with Gasteiger partial charge in [-0.2, -0.15) is 13.5 Å². The van der Waals surface area contributed by atoms with Crippen molar-refractivity contribution in [3.05, 3.63) is 28.8 Å². The maximum atomic E-state index is 9.48. The minimum Gasteiger partial charge on any atom is -0.508 e. The van der Waals surface area contributed by atoms with Crippen LogP contribution < -0.4 is 5.73 Å². The van der Waals surface area contributed by atoms with E-state index in [1.807, 2.05) is 40.1 Å². The van der Waals surface area contributed by atoms with Crippen molar-refractivity contribution in [1.29, 1.82) is 0 Å². The molecule has 1 aromatic carbocycles. The predicted molar refractivity (Wildman–Crippen MR) is 78.2 cm³/mol. The summed E-state index contributed by atoms with van der Waals surface area (Å²) >= 11 is 0. The van der Waals surface area contributed by atoms with Crippen molar-refractivity contribution >= 4 is 13.5 Å². The molecule has 0 aliphatic carbocycles. The third-order valence-corrected chi connectivity index (χ3v) is 3.12. The maximum absolute atomic E-state index is 9.48. The first kappa shape index (κ1) is 16.3. The number of aromatic hydroxyl groups is 1. The summed E-state index contributed by atoms with van der Waals surface area (Å²) < 4.78 is 0. The highest BCUT2D eigenvalue weighted by Gasteiger charge is 2.13. The Bertz CT molecular complexity index is 343. The van der Waals surface area contributed by atoms with E-state index in [1.54, 1.807) is 0 Å². The minimum atomic E-state index is 0. The summed E-state index contributed by atoms with van der Waals surface area (Å²) in [6, 6.07) is 3.97. The average Bonchev–Trinajstić information content (AvgIpc) is 2.15. The van der Waals surface area contributed by atoms with Gasteiger partial charge in [-0.05, 0) is 63.2 Å². The van der Waals surface area contributed by atoms with Gasteiger partial charge in [-0.1, -0.05) is 0 Å². The van der Waals surface area contributed by atoms with Gasteiger partial charge >= 0.3 is 0 Å². The largest absolute Gasteiger partial charge is 0.508 e. The number of phenols is 1. The SMILES string of the molecule is Cc1cc(O)cc(C)c1C[C@@H](CN)N(C)C.S. The maximum Gasteiger partial charge on any atom is 0.116 e. The number of benzene rings is 1. The molecular weight excluding hydrogens is 232 g/mol. The molecule has 0 aliphatic heterocycles. The average molecular weight is 256 g/mol. The van der Waals surface area contributed by atoms with Crippen molar-refractivity contribution in [2.24, 2.45) is 5.73 Å². The normalized spacial score (nSPS) is 12.4. The van der Waals surface area contributed by atoms with E-state index in [4.69, 9.17) is 5.73 Å². The molecule has 4 heteroatoms. The van der Waals surface area contributed by atoms with Crippen LogP contribution in [0.3, 0.4) is 0 Å². The number of aryl methyl sites for hydroxylation is 2. The molecule has 0 heterocycles. The lowest BCUT2D eigenvalue weighted by Crippen LogP contribution is -2.37. The standard InChI is InChI=1S/C13H22N2O.H2S/c1-9-5-12(16)6-10(2)13(9)7-11(8-14)15(3)4;/h5-6,11,16H,7-8,14H2,1-4H3;1H2/t11-;/m0./s1. The van der Waals surface area contributed by atoms with E-state index in [-0.39, 0.29) is 13.5 Å². The fraction of sp³-hybridized carbons (Fsp3) is 0.538. The van der Waals surface area contributed by atoms with Crippen molar-refractivity contribution in [2.75, 3.05) is 20.6 Å². The number of nitrogens with zero attached hydrogens (tertiary/aromatic N) is 1. The number of phenolic OH excluding ortho intramolecular Hbond substituents is 1. The van der Waals surface area contributed by atoms with Gasteiger partial charge in [-0.25, -0.2) is 0 Å². The van der Waals surface area contributed by atoms with Gasteiger partial charge < -0.3 is 15.7 Å². The van der Waals surface area contributed by atoms with Crippen LogP contribution in [-0.2, 0) is 6.42 Å². The van der Waals surface area contributed by atoms with Crippen molar-refractivity contribution in [1.82, 2.24) is 4.90 Å². The molecule has 0 saturated carbocycles. The quantitative estimate of drug-likeness (QED) is 0.859. The van der Waals surface area contributed by atoms with Crippen LogP contribution in [0.25, 0.3) is 0 Å².